The molecule has 0 saturated carbocycles. The topological polar surface area (TPSA) is 65.0 Å². The molecule has 1 aromatic carbocycles. The second-order valence-electron chi connectivity index (χ2n) is 3.79. The van der Waals surface area contributed by atoms with Crippen molar-refractivity contribution in [2.75, 3.05) is 7.11 Å². The van der Waals surface area contributed by atoms with Crippen LogP contribution >= 0.6 is 11.8 Å². The fourth-order valence-corrected chi connectivity index (χ4v) is 2.27. The van der Waals surface area contributed by atoms with Crippen molar-refractivity contribution in [2.24, 2.45) is 0 Å². The van der Waals surface area contributed by atoms with Crippen molar-refractivity contribution in [3.63, 3.8) is 0 Å². The number of thioether (sulfide) groups is 1. The molecule has 2 rings (SSSR count). The summed E-state index contributed by atoms with van der Waals surface area (Å²) >= 11 is 1.42. The van der Waals surface area contributed by atoms with E-state index in [1.54, 1.807) is 0 Å². The van der Waals surface area contributed by atoms with Crippen LogP contribution in [0.3, 0.4) is 0 Å². The van der Waals surface area contributed by atoms with Gasteiger partial charge < -0.3 is 4.74 Å². The molecule has 1 heterocycles. The Morgan fingerprint density at radius 2 is 2.06 bits per heavy atom. The molecule has 0 saturated heterocycles. The summed E-state index contributed by atoms with van der Waals surface area (Å²) in [7, 11) is 1.38. The summed E-state index contributed by atoms with van der Waals surface area (Å²) in [6.07, 6.45) is 0.331. The summed E-state index contributed by atoms with van der Waals surface area (Å²) in [5.74, 6) is -0.233. The van der Waals surface area contributed by atoms with Crippen molar-refractivity contribution >= 4 is 28.8 Å². The summed E-state index contributed by atoms with van der Waals surface area (Å²) in [5, 5.41) is 8.74. The van der Waals surface area contributed by atoms with Crippen LogP contribution in [0.4, 0.5) is 0 Å². The standard InChI is InChI=1S/C12H13N3O2S/c1-8(7-11(16)17-2)18-12-13-9-5-3-4-6-10(9)14-15-12/h3-6,8H,7H2,1-2H3. The minimum atomic E-state index is -0.233. The Labute approximate surface area is 109 Å². The Morgan fingerprint density at radius 1 is 1.33 bits per heavy atom. The molecule has 5 nitrogen and oxygen atoms in total. The number of hydrogen-bond donors (Lipinski definition) is 0. The minimum Gasteiger partial charge on any atom is -0.469 e. The molecular weight excluding hydrogens is 250 g/mol. The van der Waals surface area contributed by atoms with Gasteiger partial charge in [-0.1, -0.05) is 30.8 Å². The Morgan fingerprint density at radius 3 is 2.78 bits per heavy atom. The highest BCUT2D eigenvalue weighted by Gasteiger charge is 2.12. The van der Waals surface area contributed by atoms with Gasteiger partial charge in [0.05, 0.1) is 19.0 Å². The van der Waals surface area contributed by atoms with Crippen LogP contribution in [0, 0.1) is 0 Å². The average molecular weight is 263 g/mol. The van der Waals surface area contributed by atoms with E-state index in [0.717, 1.165) is 11.0 Å². The van der Waals surface area contributed by atoms with Gasteiger partial charge in [-0.05, 0) is 12.1 Å². The Kier molecular flexibility index (Phi) is 4.09. The Balaban J connectivity index is 2.09. The van der Waals surface area contributed by atoms with Crippen LogP contribution in [0.1, 0.15) is 13.3 Å². The largest absolute Gasteiger partial charge is 0.469 e. The zero-order valence-electron chi connectivity index (χ0n) is 10.2. The van der Waals surface area contributed by atoms with Gasteiger partial charge in [0.2, 0.25) is 5.16 Å². The normalized spacial score (nSPS) is 12.3. The van der Waals surface area contributed by atoms with Crippen molar-refractivity contribution in [3.05, 3.63) is 24.3 Å². The van der Waals surface area contributed by atoms with E-state index in [1.165, 1.54) is 18.9 Å². The second kappa shape index (κ2) is 5.77. The van der Waals surface area contributed by atoms with Gasteiger partial charge in [-0.25, -0.2) is 4.98 Å². The number of ether oxygens (including phenoxy) is 1. The quantitative estimate of drug-likeness (QED) is 0.621. The lowest BCUT2D eigenvalue weighted by Gasteiger charge is -2.07. The molecule has 0 radical (unpaired) electrons. The SMILES string of the molecule is COC(=O)CC(C)Sc1nnc2ccccc2n1. The maximum Gasteiger partial charge on any atom is 0.306 e. The number of hydrogen-bond acceptors (Lipinski definition) is 6. The molecule has 0 aliphatic rings. The molecule has 0 aliphatic heterocycles. The van der Waals surface area contributed by atoms with Gasteiger partial charge in [-0.2, -0.15) is 0 Å². The van der Waals surface area contributed by atoms with E-state index in [4.69, 9.17) is 0 Å². The molecule has 0 bridgehead atoms. The molecular formula is C12H13N3O2S. The minimum absolute atomic E-state index is 0.0559. The molecule has 0 amide bonds. The summed E-state index contributed by atoms with van der Waals surface area (Å²) in [6, 6.07) is 7.55. The van der Waals surface area contributed by atoms with E-state index in [9.17, 15) is 4.79 Å². The molecule has 18 heavy (non-hydrogen) atoms. The van der Waals surface area contributed by atoms with E-state index >= 15 is 0 Å². The molecule has 0 fully saturated rings. The fourth-order valence-electron chi connectivity index (χ4n) is 1.45. The van der Waals surface area contributed by atoms with Crippen LogP contribution < -0.4 is 0 Å². The molecule has 0 N–H and O–H groups in total. The second-order valence-corrected chi connectivity index (χ2v) is 5.20. The summed E-state index contributed by atoms with van der Waals surface area (Å²) in [4.78, 5) is 15.5. The number of methoxy groups -OCH3 is 1. The van der Waals surface area contributed by atoms with Crippen molar-refractivity contribution in [2.45, 2.75) is 23.8 Å². The molecule has 1 atom stereocenters. The first-order valence-corrected chi connectivity index (χ1v) is 6.40. The van der Waals surface area contributed by atoms with Gasteiger partial charge in [0.25, 0.3) is 0 Å². The van der Waals surface area contributed by atoms with Crippen LogP contribution in [-0.4, -0.2) is 33.5 Å². The predicted octanol–water partition coefficient (Wildman–Crippen LogP) is 2.07. The first-order valence-electron chi connectivity index (χ1n) is 5.52. The first kappa shape index (κ1) is 12.8. The zero-order chi connectivity index (χ0) is 13.0. The highest BCUT2D eigenvalue weighted by atomic mass is 32.2. The fraction of sp³-hybridized carbons (Fsp3) is 0.333. The molecule has 6 heteroatoms. The first-order chi connectivity index (χ1) is 8.69. The van der Waals surface area contributed by atoms with Crippen molar-refractivity contribution in [1.82, 2.24) is 15.2 Å². The van der Waals surface area contributed by atoms with Gasteiger partial charge in [-0.15, -0.1) is 10.2 Å². The monoisotopic (exact) mass is 263 g/mol. The van der Waals surface area contributed by atoms with Crippen molar-refractivity contribution < 1.29 is 9.53 Å². The predicted molar refractivity (Wildman–Crippen MR) is 69.3 cm³/mol. The molecule has 1 unspecified atom stereocenters. The van der Waals surface area contributed by atoms with Crippen LogP contribution in [0.25, 0.3) is 11.0 Å². The summed E-state index contributed by atoms with van der Waals surface area (Å²) in [5.41, 5.74) is 1.57. The molecule has 2 aromatic rings. The highest BCUT2D eigenvalue weighted by Crippen LogP contribution is 2.22. The van der Waals surface area contributed by atoms with E-state index in [-0.39, 0.29) is 11.2 Å². The van der Waals surface area contributed by atoms with Crippen molar-refractivity contribution in [3.8, 4) is 0 Å². The van der Waals surface area contributed by atoms with E-state index < -0.39 is 0 Å². The number of para-hydroxylation sites is 1. The molecule has 0 aliphatic carbocycles. The van der Waals surface area contributed by atoms with Crippen LogP contribution in [0.2, 0.25) is 0 Å². The van der Waals surface area contributed by atoms with Gasteiger partial charge in [0.15, 0.2) is 0 Å². The van der Waals surface area contributed by atoms with Crippen LogP contribution in [0.5, 0.6) is 0 Å². The van der Waals surface area contributed by atoms with E-state index in [0.29, 0.717) is 11.6 Å². The number of carbonyl (C=O) groups is 1. The lowest BCUT2D eigenvalue weighted by molar-refractivity contribution is -0.140. The third-order valence-electron chi connectivity index (χ3n) is 2.33. The van der Waals surface area contributed by atoms with Gasteiger partial charge in [-0.3, -0.25) is 4.79 Å². The number of benzene rings is 1. The van der Waals surface area contributed by atoms with E-state index in [2.05, 4.69) is 19.9 Å². The molecule has 0 spiro atoms. The Hall–Kier alpha value is -1.69. The van der Waals surface area contributed by atoms with Gasteiger partial charge in [0, 0.05) is 5.25 Å². The summed E-state index contributed by atoms with van der Waals surface area (Å²) < 4.78 is 4.62. The third-order valence-corrected chi connectivity index (χ3v) is 3.28. The number of carbonyl (C=O) groups excluding carboxylic acids is 1. The number of rotatable bonds is 4. The lowest BCUT2D eigenvalue weighted by atomic mass is 10.3. The van der Waals surface area contributed by atoms with Gasteiger partial charge in [0.1, 0.15) is 5.52 Å². The average Bonchev–Trinajstić information content (AvgIpc) is 2.38. The van der Waals surface area contributed by atoms with Crippen molar-refractivity contribution in [1.29, 1.82) is 0 Å². The Bertz CT molecular complexity index is 562. The smallest absolute Gasteiger partial charge is 0.306 e. The maximum absolute atomic E-state index is 11.1. The van der Waals surface area contributed by atoms with E-state index in [1.807, 2.05) is 31.2 Å². The molecule has 1 aromatic heterocycles. The van der Waals surface area contributed by atoms with Gasteiger partial charge >= 0.3 is 5.97 Å². The third kappa shape index (κ3) is 3.16. The highest BCUT2D eigenvalue weighted by molar-refractivity contribution is 7.99. The summed E-state index contributed by atoms with van der Waals surface area (Å²) in [6.45, 7) is 1.93. The number of nitrogens with zero attached hydrogens (tertiary/aromatic N) is 3. The molecule has 94 valence electrons. The number of aromatic nitrogens is 3. The number of fused-ring (bicyclic) bond motifs is 1. The zero-order valence-corrected chi connectivity index (χ0v) is 11.0. The lowest BCUT2D eigenvalue weighted by Crippen LogP contribution is -2.09. The van der Waals surface area contributed by atoms with Crippen LogP contribution in [0.15, 0.2) is 29.4 Å². The van der Waals surface area contributed by atoms with Crippen LogP contribution in [-0.2, 0) is 9.53 Å². The number of esters is 1. The maximum atomic E-state index is 11.1.